The van der Waals surface area contributed by atoms with Crippen molar-refractivity contribution in [1.29, 1.82) is 0 Å². The molecule has 4 heteroatoms. The van der Waals surface area contributed by atoms with E-state index in [1.54, 1.807) is 0 Å². The molecule has 2 rings (SSSR count). The van der Waals surface area contributed by atoms with Gasteiger partial charge in [-0.25, -0.2) is 0 Å². The molecule has 1 heterocycles. The Labute approximate surface area is 113 Å². The van der Waals surface area contributed by atoms with Crippen LogP contribution in [-0.4, -0.2) is 31.8 Å². The van der Waals surface area contributed by atoms with Gasteiger partial charge >= 0.3 is 0 Å². The van der Waals surface area contributed by atoms with Crippen molar-refractivity contribution in [2.45, 2.75) is 25.2 Å². The highest BCUT2D eigenvalue weighted by molar-refractivity contribution is 7.99. The molecule has 0 unspecified atom stereocenters. The Kier molecular flexibility index (Phi) is 4.30. The second-order valence-corrected chi connectivity index (χ2v) is 5.73. The number of benzene rings is 1. The first-order valence-corrected chi connectivity index (χ1v) is 7.31. The maximum Gasteiger partial charge on any atom is 0.228 e. The van der Waals surface area contributed by atoms with E-state index in [1.165, 1.54) is 16.0 Å². The van der Waals surface area contributed by atoms with Crippen LogP contribution in [0.2, 0.25) is 0 Å². The summed E-state index contributed by atoms with van der Waals surface area (Å²) in [7, 11) is 1.88. The van der Waals surface area contributed by atoms with Gasteiger partial charge in [0.2, 0.25) is 5.91 Å². The van der Waals surface area contributed by atoms with Gasteiger partial charge in [0.15, 0.2) is 0 Å². The summed E-state index contributed by atoms with van der Waals surface area (Å²) in [6, 6.07) is 4.25. The van der Waals surface area contributed by atoms with Crippen LogP contribution in [0.3, 0.4) is 0 Å². The minimum Gasteiger partial charge on any atom is -0.319 e. The lowest BCUT2D eigenvalue weighted by molar-refractivity contribution is -0.118. The van der Waals surface area contributed by atoms with Crippen LogP contribution in [0.25, 0.3) is 0 Å². The number of amides is 1. The number of carbonyl (C=O) groups excluding carboxylic acids is 1. The third-order valence-corrected chi connectivity index (χ3v) is 4.44. The van der Waals surface area contributed by atoms with Crippen LogP contribution in [0.15, 0.2) is 17.0 Å². The minimum absolute atomic E-state index is 0.222. The smallest absolute Gasteiger partial charge is 0.228 e. The number of nitrogens with zero attached hydrogens (tertiary/aromatic N) is 1. The molecule has 0 saturated carbocycles. The van der Waals surface area contributed by atoms with Gasteiger partial charge in [0.05, 0.1) is 5.69 Å². The topological polar surface area (TPSA) is 32.3 Å². The SMILES string of the molecule is CNCCC(=O)N1CCSc2c(C)ccc(C)c21. The van der Waals surface area contributed by atoms with E-state index in [9.17, 15) is 4.79 Å². The molecule has 1 aliphatic heterocycles. The predicted molar refractivity (Wildman–Crippen MR) is 77.5 cm³/mol. The molecule has 0 aromatic heterocycles. The van der Waals surface area contributed by atoms with Gasteiger partial charge in [-0.15, -0.1) is 11.8 Å². The molecule has 1 aliphatic rings. The average Bonchev–Trinajstić information content (AvgIpc) is 2.39. The second-order valence-electron chi connectivity index (χ2n) is 4.62. The fourth-order valence-electron chi connectivity index (χ4n) is 2.26. The maximum atomic E-state index is 12.3. The van der Waals surface area contributed by atoms with E-state index in [1.807, 2.05) is 23.7 Å². The van der Waals surface area contributed by atoms with Crippen LogP contribution in [-0.2, 0) is 4.79 Å². The Morgan fingerprint density at radius 2 is 2.11 bits per heavy atom. The molecule has 1 aromatic rings. The Hall–Kier alpha value is -1.00. The summed E-state index contributed by atoms with van der Waals surface area (Å²) in [6.45, 7) is 5.77. The fraction of sp³-hybridized carbons (Fsp3) is 0.500. The van der Waals surface area contributed by atoms with Gasteiger partial charge in [0, 0.05) is 30.2 Å². The molecule has 0 saturated heterocycles. The number of anilines is 1. The summed E-state index contributed by atoms with van der Waals surface area (Å²) >= 11 is 1.86. The molecular formula is C14H20N2OS. The molecule has 98 valence electrons. The number of carbonyl (C=O) groups is 1. The molecule has 0 aliphatic carbocycles. The quantitative estimate of drug-likeness (QED) is 0.909. The Balaban J connectivity index is 2.32. The lowest BCUT2D eigenvalue weighted by Crippen LogP contribution is -2.37. The predicted octanol–water partition coefficient (Wildman–Crippen LogP) is 2.35. The van der Waals surface area contributed by atoms with Crippen molar-refractivity contribution in [2.24, 2.45) is 0 Å². The number of nitrogens with one attached hydrogen (secondary N) is 1. The van der Waals surface area contributed by atoms with Crippen molar-refractivity contribution in [1.82, 2.24) is 5.32 Å². The van der Waals surface area contributed by atoms with Crippen LogP contribution in [0.5, 0.6) is 0 Å². The lowest BCUT2D eigenvalue weighted by Gasteiger charge is -2.31. The zero-order valence-corrected chi connectivity index (χ0v) is 12.1. The molecule has 1 amide bonds. The molecule has 0 atom stereocenters. The van der Waals surface area contributed by atoms with E-state index in [-0.39, 0.29) is 5.91 Å². The van der Waals surface area contributed by atoms with Gasteiger partial charge in [-0.1, -0.05) is 12.1 Å². The molecule has 18 heavy (non-hydrogen) atoms. The Morgan fingerprint density at radius 1 is 1.39 bits per heavy atom. The first-order valence-electron chi connectivity index (χ1n) is 6.33. The third-order valence-electron chi connectivity index (χ3n) is 3.25. The zero-order valence-electron chi connectivity index (χ0n) is 11.2. The third kappa shape index (κ3) is 2.54. The molecular weight excluding hydrogens is 244 g/mol. The highest BCUT2D eigenvalue weighted by atomic mass is 32.2. The van der Waals surface area contributed by atoms with Crippen molar-refractivity contribution < 1.29 is 4.79 Å². The van der Waals surface area contributed by atoms with E-state index in [0.717, 1.165) is 24.5 Å². The molecule has 0 fully saturated rings. The van der Waals surface area contributed by atoms with Crippen LogP contribution in [0.1, 0.15) is 17.5 Å². The highest BCUT2D eigenvalue weighted by Crippen LogP contribution is 2.39. The molecule has 0 spiro atoms. The zero-order chi connectivity index (χ0) is 13.1. The highest BCUT2D eigenvalue weighted by Gasteiger charge is 2.25. The summed E-state index contributed by atoms with van der Waals surface area (Å²) in [5.41, 5.74) is 3.60. The van der Waals surface area contributed by atoms with Gasteiger partial charge in [-0.2, -0.15) is 0 Å². The summed E-state index contributed by atoms with van der Waals surface area (Å²) in [6.07, 6.45) is 0.563. The normalized spacial score (nSPS) is 14.5. The Bertz CT molecular complexity index is 459. The molecule has 1 aromatic carbocycles. The first-order chi connectivity index (χ1) is 8.65. The van der Waals surface area contributed by atoms with Gasteiger partial charge < -0.3 is 10.2 Å². The monoisotopic (exact) mass is 264 g/mol. The van der Waals surface area contributed by atoms with E-state index in [0.29, 0.717) is 6.42 Å². The van der Waals surface area contributed by atoms with Gasteiger partial charge in [-0.3, -0.25) is 4.79 Å². The molecule has 3 nitrogen and oxygen atoms in total. The van der Waals surface area contributed by atoms with Gasteiger partial charge in [0.25, 0.3) is 0 Å². The van der Waals surface area contributed by atoms with Crippen molar-refractivity contribution in [3.05, 3.63) is 23.3 Å². The van der Waals surface area contributed by atoms with Crippen molar-refractivity contribution >= 4 is 23.4 Å². The summed E-state index contributed by atoms with van der Waals surface area (Å²) < 4.78 is 0. The molecule has 0 bridgehead atoms. The van der Waals surface area contributed by atoms with E-state index in [2.05, 4.69) is 31.3 Å². The van der Waals surface area contributed by atoms with E-state index >= 15 is 0 Å². The first kappa shape index (κ1) is 13.4. The second kappa shape index (κ2) is 5.76. The van der Waals surface area contributed by atoms with Crippen LogP contribution in [0, 0.1) is 13.8 Å². The van der Waals surface area contributed by atoms with Crippen molar-refractivity contribution in [2.75, 3.05) is 30.8 Å². The average molecular weight is 264 g/mol. The van der Waals surface area contributed by atoms with Crippen molar-refractivity contribution in [3.63, 3.8) is 0 Å². The van der Waals surface area contributed by atoms with Crippen LogP contribution < -0.4 is 10.2 Å². The standard InChI is InChI=1S/C14H20N2OS/c1-10-4-5-11(2)14-13(10)16(8-9-18-14)12(17)6-7-15-3/h4-5,15H,6-9H2,1-3H3. The molecule has 0 radical (unpaired) electrons. The summed E-state index contributed by atoms with van der Waals surface area (Å²) in [5, 5.41) is 3.03. The Morgan fingerprint density at radius 3 is 2.83 bits per heavy atom. The summed E-state index contributed by atoms with van der Waals surface area (Å²) in [5.74, 6) is 1.21. The van der Waals surface area contributed by atoms with Crippen LogP contribution >= 0.6 is 11.8 Å². The van der Waals surface area contributed by atoms with Gasteiger partial charge in [-0.05, 0) is 32.0 Å². The van der Waals surface area contributed by atoms with Gasteiger partial charge in [0.1, 0.15) is 0 Å². The number of rotatable bonds is 3. The lowest BCUT2D eigenvalue weighted by atomic mass is 10.1. The van der Waals surface area contributed by atoms with E-state index < -0.39 is 0 Å². The largest absolute Gasteiger partial charge is 0.319 e. The minimum atomic E-state index is 0.222. The number of aryl methyl sites for hydroxylation is 2. The fourth-order valence-corrected chi connectivity index (χ4v) is 3.44. The van der Waals surface area contributed by atoms with Crippen molar-refractivity contribution in [3.8, 4) is 0 Å². The van der Waals surface area contributed by atoms with E-state index in [4.69, 9.17) is 0 Å². The number of hydrogen-bond acceptors (Lipinski definition) is 3. The van der Waals surface area contributed by atoms with Crippen LogP contribution in [0.4, 0.5) is 5.69 Å². The molecule has 1 N–H and O–H groups in total. The number of thioether (sulfide) groups is 1. The number of hydrogen-bond donors (Lipinski definition) is 1. The summed E-state index contributed by atoms with van der Waals surface area (Å²) in [4.78, 5) is 15.5. The maximum absolute atomic E-state index is 12.3. The number of fused-ring (bicyclic) bond motifs is 1.